The molecule has 1 fully saturated rings. The van der Waals surface area contributed by atoms with E-state index in [1.165, 1.54) is 5.56 Å². The van der Waals surface area contributed by atoms with Crippen LogP contribution in [0.25, 0.3) is 0 Å². The fraction of sp³-hybridized carbons (Fsp3) is 0.571. The van der Waals surface area contributed by atoms with Crippen molar-refractivity contribution in [1.82, 2.24) is 4.90 Å². The number of carbonyl (C=O) groups excluding carboxylic acids is 1. The van der Waals surface area contributed by atoms with Gasteiger partial charge < -0.3 is 10.2 Å². The minimum Gasteiger partial charge on any atom is -0.389 e. The van der Waals surface area contributed by atoms with Crippen molar-refractivity contribution in [2.45, 2.75) is 57.3 Å². The number of rotatable bonds is 6. The van der Waals surface area contributed by atoms with E-state index in [0.29, 0.717) is 30.8 Å². The molecular formula is C21H29NO3. The lowest BCUT2D eigenvalue weighted by Crippen LogP contribution is -2.33. The number of aliphatic hydroxyl groups is 2. The molecule has 0 radical (unpaired) electrons. The van der Waals surface area contributed by atoms with E-state index in [4.69, 9.17) is 0 Å². The fourth-order valence-corrected chi connectivity index (χ4v) is 3.92. The van der Waals surface area contributed by atoms with Gasteiger partial charge in [0, 0.05) is 18.5 Å². The number of benzene rings is 1. The van der Waals surface area contributed by atoms with Crippen LogP contribution >= 0.6 is 0 Å². The van der Waals surface area contributed by atoms with Crippen LogP contribution < -0.4 is 0 Å². The molecule has 1 heterocycles. The minimum absolute atomic E-state index is 0.0120. The van der Waals surface area contributed by atoms with Crippen molar-refractivity contribution < 1.29 is 15.0 Å². The molecule has 1 saturated heterocycles. The SMILES string of the molecule is O=C(CCC1CCN(Cc2ccccc2)CC1)C1=CC(O)CCC1O. The maximum atomic E-state index is 12.4. The predicted octanol–water partition coefficient (Wildman–Crippen LogP) is 2.69. The molecule has 0 spiro atoms. The summed E-state index contributed by atoms with van der Waals surface area (Å²) in [5, 5.41) is 19.6. The van der Waals surface area contributed by atoms with Crippen molar-refractivity contribution in [3.05, 3.63) is 47.5 Å². The largest absolute Gasteiger partial charge is 0.389 e. The highest BCUT2D eigenvalue weighted by molar-refractivity contribution is 5.96. The number of Topliss-reactive ketones (excluding diaryl/α,β-unsaturated/α-hetero) is 1. The Morgan fingerprint density at radius 3 is 2.48 bits per heavy atom. The monoisotopic (exact) mass is 343 g/mol. The van der Waals surface area contributed by atoms with Crippen molar-refractivity contribution in [2.24, 2.45) is 5.92 Å². The second-order valence-corrected chi connectivity index (χ2v) is 7.45. The van der Waals surface area contributed by atoms with Crippen LogP contribution in [0.3, 0.4) is 0 Å². The first kappa shape index (κ1) is 18.3. The van der Waals surface area contributed by atoms with Gasteiger partial charge in [0.1, 0.15) is 0 Å². The molecule has 2 aliphatic rings. The Bertz CT molecular complexity index is 590. The molecular weight excluding hydrogens is 314 g/mol. The summed E-state index contributed by atoms with van der Waals surface area (Å²) < 4.78 is 0. The molecule has 2 atom stereocenters. The Kier molecular flexibility index (Phi) is 6.40. The third kappa shape index (κ3) is 5.24. The van der Waals surface area contributed by atoms with Gasteiger partial charge in [-0.05, 0) is 62.8 Å². The number of carbonyl (C=O) groups is 1. The van der Waals surface area contributed by atoms with Gasteiger partial charge in [0.25, 0.3) is 0 Å². The molecule has 136 valence electrons. The Labute approximate surface area is 150 Å². The van der Waals surface area contributed by atoms with E-state index in [-0.39, 0.29) is 5.78 Å². The standard InChI is InChI=1S/C21H29NO3/c23-18-7-9-21(25)19(14-18)20(24)8-6-16-10-12-22(13-11-16)15-17-4-2-1-3-5-17/h1-5,14,16,18,21,23,25H,6-13,15H2. The molecule has 0 saturated carbocycles. The second kappa shape index (κ2) is 8.75. The van der Waals surface area contributed by atoms with Gasteiger partial charge >= 0.3 is 0 Å². The van der Waals surface area contributed by atoms with Gasteiger partial charge in [0.2, 0.25) is 0 Å². The summed E-state index contributed by atoms with van der Waals surface area (Å²) >= 11 is 0. The van der Waals surface area contributed by atoms with E-state index in [1.54, 1.807) is 6.08 Å². The number of nitrogens with zero attached hydrogens (tertiary/aromatic N) is 1. The average molecular weight is 343 g/mol. The molecule has 25 heavy (non-hydrogen) atoms. The van der Waals surface area contributed by atoms with Crippen molar-refractivity contribution in [3.8, 4) is 0 Å². The smallest absolute Gasteiger partial charge is 0.161 e. The molecule has 2 N–H and O–H groups in total. The Hall–Kier alpha value is -1.49. The molecule has 1 aromatic carbocycles. The van der Waals surface area contributed by atoms with Crippen LogP contribution in [0, 0.1) is 5.92 Å². The van der Waals surface area contributed by atoms with E-state index >= 15 is 0 Å². The van der Waals surface area contributed by atoms with Crippen LogP contribution in [-0.2, 0) is 11.3 Å². The van der Waals surface area contributed by atoms with Gasteiger partial charge in [-0.2, -0.15) is 0 Å². The Balaban J connectivity index is 1.41. The average Bonchev–Trinajstić information content (AvgIpc) is 2.64. The number of hydrogen-bond acceptors (Lipinski definition) is 4. The zero-order chi connectivity index (χ0) is 17.6. The number of piperidine rings is 1. The van der Waals surface area contributed by atoms with Gasteiger partial charge in [-0.25, -0.2) is 0 Å². The third-order valence-electron chi connectivity index (χ3n) is 5.52. The lowest BCUT2D eigenvalue weighted by molar-refractivity contribution is -0.117. The molecule has 3 rings (SSSR count). The number of likely N-dealkylation sites (tertiary alicyclic amines) is 1. The van der Waals surface area contributed by atoms with Gasteiger partial charge in [-0.3, -0.25) is 9.69 Å². The van der Waals surface area contributed by atoms with Crippen molar-refractivity contribution >= 4 is 5.78 Å². The summed E-state index contributed by atoms with van der Waals surface area (Å²) in [6.07, 6.45) is 4.94. The van der Waals surface area contributed by atoms with E-state index in [0.717, 1.165) is 38.9 Å². The lowest BCUT2D eigenvalue weighted by Gasteiger charge is -2.32. The van der Waals surface area contributed by atoms with Crippen molar-refractivity contribution in [1.29, 1.82) is 0 Å². The molecule has 0 bridgehead atoms. The van der Waals surface area contributed by atoms with Crippen LogP contribution in [0.2, 0.25) is 0 Å². The highest BCUT2D eigenvalue weighted by Gasteiger charge is 2.26. The number of ketones is 1. The van der Waals surface area contributed by atoms with Gasteiger partial charge in [0.15, 0.2) is 5.78 Å². The first-order valence-electron chi connectivity index (χ1n) is 9.49. The molecule has 1 aliphatic heterocycles. The molecule has 4 heteroatoms. The zero-order valence-electron chi connectivity index (χ0n) is 14.8. The van der Waals surface area contributed by atoms with E-state index in [1.807, 2.05) is 6.07 Å². The zero-order valence-corrected chi connectivity index (χ0v) is 14.8. The van der Waals surface area contributed by atoms with E-state index in [9.17, 15) is 15.0 Å². The van der Waals surface area contributed by atoms with E-state index in [2.05, 4.69) is 29.2 Å². The molecule has 2 unspecified atom stereocenters. The molecule has 1 aromatic rings. The number of hydrogen-bond donors (Lipinski definition) is 2. The third-order valence-corrected chi connectivity index (χ3v) is 5.52. The molecule has 0 aromatic heterocycles. The normalized spacial score (nSPS) is 25.6. The summed E-state index contributed by atoms with van der Waals surface area (Å²) in [5.41, 5.74) is 1.79. The first-order chi connectivity index (χ1) is 12.1. The van der Waals surface area contributed by atoms with Crippen LogP contribution in [0.5, 0.6) is 0 Å². The Morgan fingerprint density at radius 2 is 1.76 bits per heavy atom. The number of aliphatic hydroxyl groups excluding tert-OH is 2. The van der Waals surface area contributed by atoms with Crippen LogP contribution in [0.1, 0.15) is 44.1 Å². The first-order valence-corrected chi connectivity index (χ1v) is 9.49. The maximum absolute atomic E-state index is 12.4. The fourth-order valence-electron chi connectivity index (χ4n) is 3.92. The van der Waals surface area contributed by atoms with Gasteiger partial charge in [-0.1, -0.05) is 30.3 Å². The summed E-state index contributed by atoms with van der Waals surface area (Å²) in [4.78, 5) is 14.8. The highest BCUT2D eigenvalue weighted by atomic mass is 16.3. The topological polar surface area (TPSA) is 60.8 Å². The predicted molar refractivity (Wildman–Crippen MR) is 98.0 cm³/mol. The summed E-state index contributed by atoms with van der Waals surface area (Å²) in [7, 11) is 0. The highest BCUT2D eigenvalue weighted by Crippen LogP contribution is 2.26. The second-order valence-electron chi connectivity index (χ2n) is 7.45. The van der Waals surface area contributed by atoms with Crippen LogP contribution in [-0.4, -0.2) is 46.2 Å². The van der Waals surface area contributed by atoms with Crippen LogP contribution in [0.15, 0.2) is 42.0 Å². The summed E-state index contributed by atoms with van der Waals surface area (Å²) in [6, 6.07) is 10.5. The van der Waals surface area contributed by atoms with Crippen molar-refractivity contribution in [2.75, 3.05) is 13.1 Å². The summed E-state index contributed by atoms with van der Waals surface area (Å²) in [6.45, 7) is 3.17. The molecule has 0 amide bonds. The molecule has 4 nitrogen and oxygen atoms in total. The Morgan fingerprint density at radius 1 is 1.04 bits per heavy atom. The van der Waals surface area contributed by atoms with Crippen LogP contribution in [0.4, 0.5) is 0 Å². The van der Waals surface area contributed by atoms with Crippen molar-refractivity contribution in [3.63, 3.8) is 0 Å². The molecule has 1 aliphatic carbocycles. The van der Waals surface area contributed by atoms with E-state index < -0.39 is 12.2 Å². The summed E-state index contributed by atoms with van der Waals surface area (Å²) in [5.74, 6) is 0.597. The minimum atomic E-state index is -0.691. The maximum Gasteiger partial charge on any atom is 0.161 e. The van der Waals surface area contributed by atoms with Gasteiger partial charge in [0.05, 0.1) is 12.2 Å². The lowest BCUT2D eigenvalue weighted by atomic mass is 9.86. The quantitative estimate of drug-likeness (QED) is 0.834. The van der Waals surface area contributed by atoms with Gasteiger partial charge in [-0.15, -0.1) is 0 Å².